The Morgan fingerprint density at radius 1 is 0.479 bits per heavy atom. The highest BCUT2D eigenvalue weighted by atomic mass is 32.2. The number of carbonyl (C=O) groups is 1. The smallest absolute Gasteiger partial charge is 0.273 e. The number of carbonyl (C=O) groups excluding carboxylic acids is 1. The summed E-state index contributed by atoms with van der Waals surface area (Å²) in [7, 11) is 2.33. The number of nitrogens with zero attached hydrogens (tertiary/aromatic N) is 1. The number of hydrogen-bond acceptors (Lipinski definition) is 4. The molecule has 7 heteroatoms. The van der Waals surface area contributed by atoms with Crippen molar-refractivity contribution in [2.75, 3.05) is 27.7 Å². The van der Waals surface area contributed by atoms with Gasteiger partial charge in [-0.1, -0.05) is 206 Å². The third-order valence-electron chi connectivity index (χ3n) is 9.62. The summed E-state index contributed by atoms with van der Waals surface area (Å²) in [6, 6.07) is 0. The van der Waals surface area contributed by atoms with Crippen LogP contribution < -0.4 is 5.11 Å². The molecule has 1 N–H and O–H groups in total. The summed E-state index contributed by atoms with van der Waals surface area (Å²) in [4.78, 5) is 10.7. The molecule has 1 unspecified atom stereocenters. The first-order chi connectivity index (χ1) is 23.0. The summed E-state index contributed by atoms with van der Waals surface area (Å²) >= 11 is 0. The van der Waals surface area contributed by atoms with Gasteiger partial charge in [-0.2, -0.15) is 8.42 Å². The van der Waals surface area contributed by atoms with Gasteiger partial charge in [0.15, 0.2) is 0 Å². The highest BCUT2D eigenvalue weighted by Gasteiger charge is 2.23. The van der Waals surface area contributed by atoms with Crippen LogP contribution in [-0.4, -0.2) is 56.4 Å². The van der Waals surface area contributed by atoms with Crippen LogP contribution in [0.5, 0.6) is 0 Å². The average Bonchev–Trinajstić information content (AvgIpc) is 3.01. The third-order valence-corrected chi connectivity index (χ3v) is 10.8. The van der Waals surface area contributed by atoms with Crippen molar-refractivity contribution in [3.05, 3.63) is 0 Å². The zero-order valence-corrected chi connectivity index (χ0v) is 33.9. The Labute approximate surface area is 301 Å². The van der Waals surface area contributed by atoms with Crippen LogP contribution in [0.2, 0.25) is 0 Å². The first-order valence-corrected chi connectivity index (χ1v) is 22.4. The molecular weight excluding hydrogens is 619 g/mol. The van der Waals surface area contributed by atoms with Gasteiger partial charge < -0.3 is 14.4 Å². The van der Waals surface area contributed by atoms with Crippen molar-refractivity contribution in [1.82, 2.24) is 0 Å². The fourth-order valence-electron chi connectivity index (χ4n) is 6.40. The predicted molar refractivity (Wildman–Crippen MR) is 207 cm³/mol. The van der Waals surface area contributed by atoms with Gasteiger partial charge in [-0.25, -0.2) is 0 Å². The van der Waals surface area contributed by atoms with Crippen molar-refractivity contribution in [3.63, 3.8) is 0 Å². The molecule has 0 bridgehead atoms. The van der Waals surface area contributed by atoms with Crippen molar-refractivity contribution in [2.45, 2.75) is 231 Å². The van der Waals surface area contributed by atoms with E-state index in [1.54, 1.807) is 0 Å². The Hall–Kier alpha value is -0.660. The number of aliphatic carboxylic acids is 1. The van der Waals surface area contributed by atoms with E-state index in [1.165, 1.54) is 186 Å². The quantitative estimate of drug-likeness (QED) is 0.0398. The molecule has 0 aliphatic heterocycles. The molecule has 0 fully saturated rings. The van der Waals surface area contributed by atoms with Gasteiger partial charge in [0.25, 0.3) is 10.1 Å². The van der Waals surface area contributed by atoms with E-state index in [0.29, 0.717) is 6.42 Å². The van der Waals surface area contributed by atoms with Crippen LogP contribution >= 0.6 is 0 Å². The van der Waals surface area contributed by atoms with Crippen LogP contribution in [0.3, 0.4) is 0 Å². The zero-order chi connectivity index (χ0) is 36.2. The molecule has 0 saturated heterocycles. The second-order valence-electron chi connectivity index (χ2n) is 15.7. The minimum atomic E-state index is -4.55. The van der Waals surface area contributed by atoms with Gasteiger partial charge in [0.2, 0.25) is 0 Å². The maximum Gasteiger partial charge on any atom is 0.273 e. The second kappa shape index (κ2) is 36.1. The van der Waals surface area contributed by atoms with E-state index in [2.05, 4.69) is 35.0 Å². The Bertz CT molecular complexity index is 765. The van der Waals surface area contributed by atoms with E-state index >= 15 is 0 Å². The summed E-state index contributed by atoms with van der Waals surface area (Å²) in [6.45, 7) is 5.88. The molecule has 0 aromatic carbocycles. The van der Waals surface area contributed by atoms with Crippen molar-refractivity contribution in [1.29, 1.82) is 0 Å². The van der Waals surface area contributed by atoms with Crippen molar-refractivity contribution < 1.29 is 27.4 Å². The van der Waals surface area contributed by atoms with Crippen LogP contribution in [0.4, 0.5) is 0 Å². The van der Waals surface area contributed by atoms with Gasteiger partial charge in [0.05, 0.1) is 33.7 Å². The lowest BCUT2D eigenvalue weighted by molar-refractivity contribution is -0.870. The van der Waals surface area contributed by atoms with Crippen LogP contribution in [0.1, 0.15) is 226 Å². The molecule has 0 aliphatic carbocycles. The number of rotatable bonds is 36. The first kappa shape index (κ1) is 49.5. The molecule has 0 radical (unpaired) electrons. The van der Waals surface area contributed by atoms with Gasteiger partial charge in [0, 0.05) is 0 Å². The van der Waals surface area contributed by atoms with E-state index < -0.39 is 21.3 Å². The minimum absolute atomic E-state index is 0.0695. The number of carboxylic acids is 1. The third kappa shape index (κ3) is 41.5. The molecule has 1 atom stereocenters. The SMILES string of the molecule is CCCCCCCCCCCCCCCCCCCCC(C(=O)[O-])S(=O)(=O)O.CCCCCCCCCCCCCCCC[N+](C)(C)C. The summed E-state index contributed by atoms with van der Waals surface area (Å²) < 4.78 is 31.8. The Morgan fingerprint density at radius 2 is 0.708 bits per heavy atom. The van der Waals surface area contributed by atoms with Crippen LogP contribution in [0.25, 0.3) is 0 Å². The van der Waals surface area contributed by atoms with Gasteiger partial charge in [-0.05, 0) is 19.3 Å². The standard InChI is InChI=1S/C22H44O5S.C19H42N/c1-2-3-4-5-6-7-8-9-10-11-12-13-14-15-16-17-18-19-20-21(22(23)24)28(25,26)27;1-5-6-7-8-9-10-11-12-13-14-15-16-17-18-19-20(2,3)4/h21H,2-20H2,1H3,(H,23,24)(H,25,26,27);5-19H2,1-4H3/q;+1/p-1. The summed E-state index contributed by atoms with van der Waals surface area (Å²) in [5, 5.41) is 8.93. The highest BCUT2D eigenvalue weighted by Crippen LogP contribution is 2.16. The minimum Gasteiger partial charge on any atom is -0.549 e. The lowest BCUT2D eigenvalue weighted by Crippen LogP contribution is -2.40. The van der Waals surface area contributed by atoms with Crippen molar-refractivity contribution in [3.8, 4) is 0 Å². The predicted octanol–water partition coefficient (Wildman–Crippen LogP) is 11.6. The number of carboxylic acid groups (broad SMARTS) is 1. The fraction of sp³-hybridized carbons (Fsp3) is 0.976. The Balaban J connectivity index is 0. The monoisotopic (exact) mass is 704 g/mol. The Kier molecular flexibility index (Phi) is 37.2. The van der Waals surface area contributed by atoms with Crippen molar-refractivity contribution >= 4 is 16.1 Å². The van der Waals surface area contributed by atoms with Gasteiger partial charge in [-0.3, -0.25) is 4.55 Å². The molecule has 0 saturated carbocycles. The van der Waals surface area contributed by atoms with E-state index in [9.17, 15) is 18.3 Å². The second-order valence-corrected chi connectivity index (χ2v) is 17.3. The lowest BCUT2D eigenvalue weighted by Gasteiger charge is -2.23. The number of quaternary nitrogens is 1. The first-order valence-electron chi connectivity index (χ1n) is 20.9. The maximum atomic E-state index is 10.9. The highest BCUT2D eigenvalue weighted by molar-refractivity contribution is 7.87. The zero-order valence-electron chi connectivity index (χ0n) is 33.1. The summed E-state index contributed by atoms with van der Waals surface area (Å²) in [6.07, 6.45) is 42.5. The lowest BCUT2D eigenvalue weighted by atomic mass is 10.0. The molecule has 0 heterocycles. The van der Waals surface area contributed by atoms with Crippen LogP contribution in [0, 0.1) is 0 Å². The molecule has 0 rings (SSSR count). The van der Waals surface area contributed by atoms with Gasteiger partial charge >= 0.3 is 0 Å². The average molecular weight is 704 g/mol. The van der Waals surface area contributed by atoms with Gasteiger partial charge in [-0.15, -0.1) is 0 Å². The molecule has 48 heavy (non-hydrogen) atoms. The maximum absolute atomic E-state index is 10.9. The van der Waals surface area contributed by atoms with E-state index in [0.717, 1.165) is 23.7 Å². The van der Waals surface area contributed by atoms with E-state index in [-0.39, 0.29) is 6.42 Å². The number of unbranched alkanes of at least 4 members (excludes halogenated alkanes) is 30. The van der Waals surface area contributed by atoms with Crippen molar-refractivity contribution in [2.24, 2.45) is 0 Å². The van der Waals surface area contributed by atoms with Crippen LogP contribution in [0.15, 0.2) is 0 Å². The number of hydrogen-bond donors (Lipinski definition) is 1. The summed E-state index contributed by atoms with van der Waals surface area (Å²) in [5.74, 6) is -1.71. The van der Waals surface area contributed by atoms with Crippen LogP contribution in [-0.2, 0) is 14.9 Å². The topological polar surface area (TPSA) is 94.5 Å². The largest absolute Gasteiger partial charge is 0.549 e. The summed E-state index contributed by atoms with van der Waals surface area (Å²) in [5.41, 5.74) is 0. The molecule has 0 spiro atoms. The molecule has 0 amide bonds. The molecular formula is C41H85NO5S. The molecule has 290 valence electrons. The van der Waals surface area contributed by atoms with E-state index in [1.807, 2.05) is 0 Å². The molecule has 0 aromatic rings. The van der Waals surface area contributed by atoms with E-state index in [4.69, 9.17) is 4.55 Å². The normalized spacial score (nSPS) is 12.5. The molecule has 6 nitrogen and oxygen atoms in total. The fourth-order valence-corrected chi connectivity index (χ4v) is 7.11. The molecule has 0 aliphatic rings. The van der Waals surface area contributed by atoms with Gasteiger partial charge in [0.1, 0.15) is 5.25 Å². The Morgan fingerprint density at radius 3 is 0.917 bits per heavy atom. The molecule has 0 aromatic heterocycles.